The summed E-state index contributed by atoms with van der Waals surface area (Å²) in [6.07, 6.45) is 54.9. The van der Waals surface area contributed by atoms with E-state index in [0.717, 1.165) is 70.6 Å². The molecule has 3 unspecified atom stereocenters. The van der Waals surface area contributed by atoms with Crippen molar-refractivity contribution in [2.24, 2.45) is 0 Å². The maximum Gasteiger partial charge on any atom is 0.306 e. The Kier molecular flexibility index (Phi) is 45.6. The second kappa shape index (κ2) is 47.1. The van der Waals surface area contributed by atoms with Crippen molar-refractivity contribution in [3.8, 4) is 0 Å². The number of aliphatic hydroxyl groups is 2. The van der Waals surface area contributed by atoms with Gasteiger partial charge in [-0.2, -0.15) is 0 Å². The highest BCUT2D eigenvalue weighted by Gasteiger charge is 2.24. The molecule has 59 heavy (non-hydrogen) atoms. The molecule has 0 aromatic carbocycles. The number of rotatable bonds is 46. The highest BCUT2D eigenvalue weighted by atomic mass is 16.5. The number of amides is 1. The number of unbranched alkanes of at least 4 members (excludes halogenated alkanes) is 30. The smallest absolute Gasteiger partial charge is 0.306 e. The van der Waals surface area contributed by atoms with Crippen molar-refractivity contribution in [2.45, 2.75) is 283 Å². The highest BCUT2D eigenvalue weighted by Crippen LogP contribution is 2.18. The molecule has 0 saturated carbocycles. The fourth-order valence-corrected chi connectivity index (χ4v) is 7.90. The maximum atomic E-state index is 13.2. The molecule has 0 bridgehead atoms. The molecule has 0 aliphatic carbocycles. The summed E-state index contributed by atoms with van der Waals surface area (Å²) in [6.45, 7) is 6.35. The molecule has 0 saturated heterocycles. The van der Waals surface area contributed by atoms with E-state index < -0.39 is 18.2 Å². The molecule has 0 radical (unpaired) electrons. The number of nitrogens with one attached hydrogen (secondary N) is 1. The van der Waals surface area contributed by atoms with Gasteiger partial charge in [-0.05, 0) is 44.9 Å². The van der Waals surface area contributed by atoms with E-state index in [4.69, 9.17) is 4.74 Å². The zero-order valence-corrected chi connectivity index (χ0v) is 39.4. The molecule has 3 atom stereocenters. The number of carbonyl (C=O) groups is 2. The van der Waals surface area contributed by atoms with Crippen LogP contribution in [-0.4, -0.2) is 46.9 Å². The SMILES string of the molecule is CC/C=C/C=C/C=C\CCCCCC(CC(=O)NC(CO)C(O)CCCCCCCCCCCCCCCC)OC(=O)CCCCCCCCCCCCCCCCC. The van der Waals surface area contributed by atoms with E-state index >= 15 is 0 Å². The molecule has 0 aliphatic rings. The summed E-state index contributed by atoms with van der Waals surface area (Å²) in [5.74, 6) is -0.499. The number of allylic oxidation sites excluding steroid dienone is 6. The Labute approximate surface area is 366 Å². The minimum Gasteiger partial charge on any atom is -0.462 e. The number of hydrogen-bond acceptors (Lipinski definition) is 5. The van der Waals surface area contributed by atoms with Crippen LogP contribution in [0.15, 0.2) is 36.5 Å². The average molecular weight is 830 g/mol. The quantitative estimate of drug-likeness (QED) is 0.0323. The Morgan fingerprint density at radius 2 is 0.915 bits per heavy atom. The standard InChI is InChI=1S/C53H99NO5/c1-4-7-10-13-16-19-22-24-26-28-31-34-37-40-43-46-53(58)59-49(44-41-38-35-32-29-21-18-15-12-9-6-3)47-52(57)54-50(48-55)51(56)45-42-39-36-33-30-27-25-23-20-17-14-11-8-5-2/h9,12,15,18,21,29,49-51,55-56H,4-8,10-11,13-14,16-17,19-20,22-28,30-48H2,1-3H3,(H,54,57)/b12-9+,18-15+,29-21-. The number of carbonyl (C=O) groups excluding carboxylic acids is 2. The molecular weight excluding hydrogens is 731 g/mol. The highest BCUT2D eigenvalue weighted by molar-refractivity contribution is 5.77. The molecule has 0 aromatic rings. The van der Waals surface area contributed by atoms with Crippen molar-refractivity contribution < 1.29 is 24.5 Å². The van der Waals surface area contributed by atoms with Crippen LogP contribution in [0.2, 0.25) is 0 Å². The van der Waals surface area contributed by atoms with Crippen LogP contribution in [0.1, 0.15) is 265 Å². The van der Waals surface area contributed by atoms with E-state index in [0.29, 0.717) is 19.3 Å². The van der Waals surface area contributed by atoms with Gasteiger partial charge in [0, 0.05) is 6.42 Å². The molecule has 6 nitrogen and oxygen atoms in total. The van der Waals surface area contributed by atoms with Crippen LogP contribution in [0.5, 0.6) is 0 Å². The Morgan fingerprint density at radius 1 is 0.508 bits per heavy atom. The Balaban J connectivity index is 4.52. The Hall–Kier alpha value is -1.92. The predicted molar refractivity (Wildman–Crippen MR) is 255 cm³/mol. The van der Waals surface area contributed by atoms with E-state index in [1.807, 2.05) is 6.08 Å². The first-order valence-electron chi connectivity index (χ1n) is 25.7. The average Bonchev–Trinajstić information content (AvgIpc) is 3.23. The minimum atomic E-state index is -0.794. The largest absolute Gasteiger partial charge is 0.462 e. The lowest BCUT2D eigenvalue weighted by molar-refractivity contribution is -0.151. The van der Waals surface area contributed by atoms with E-state index in [1.54, 1.807) is 0 Å². The summed E-state index contributed by atoms with van der Waals surface area (Å²) in [6, 6.07) is -0.709. The third-order valence-electron chi connectivity index (χ3n) is 11.8. The van der Waals surface area contributed by atoms with Gasteiger partial charge in [0.05, 0.1) is 25.2 Å². The molecular formula is C53H99NO5. The van der Waals surface area contributed by atoms with Crippen LogP contribution >= 0.6 is 0 Å². The van der Waals surface area contributed by atoms with Crippen molar-refractivity contribution >= 4 is 11.9 Å². The van der Waals surface area contributed by atoms with Gasteiger partial charge in [0.1, 0.15) is 6.10 Å². The summed E-state index contributed by atoms with van der Waals surface area (Å²) in [5, 5.41) is 23.7. The van der Waals surface area contributed by atoms with Gasteiger partial charge in [-0.1, -0.05) is 243 Å². The van der Waals surface area contributed by atoms with Gasteiger partial charge < -0.3 is 20.3 Å². The van der Waals surface area contributed by atoms with Crippen LogP contribution in [0.3, 0.4) is 0 Å². The molecule has 0 rings (SSSR count). The van der Waals surface area contributed by atoms with Gasteiger partial charge in [0.15, 0.2) is 0 Å². The molecule has 0 spiro atoms. The van der Waals surface area contributed by atoms with E-state index in [9.17, 15) is 19.8 Å². The minimum absolute atomic E-state index is 0.0582. The monoisotopic (exact) mass is 830 g/mol. The molecule has 0 aromatic heterocycles. The van der Waals surface area contributed by atoms with Crippen molar-refractivity contribution in [1.82, 2.24) is 5.32 Å². The fraction of sp³-hybridized carbons (Fsp3) is 0.849. The van der Waals surface area contributed by atoms with Crippen LogP contribution < -0.4 is 5.32 Å². The molecule has 0 heterocycles. The molecule has 6 heteroatoms. The van der Waals surface area contributed by atoms with Gasteiger partial charge >= 0.3 is 5.97 Å². The van der Waals surface area contributed by atoms with Gasteiger partial charge in [-0.15, -0.1) is 0 Å². The lowest BCUT2D eigenvalue weighted by Crippen LogP contribution is -2.46. The Bertz CT molecular complexity index is 977. The summed E-state index contributed by atoms with van der Waals surface area (Å²) in [5.41, 5.74) is 0. The third kappa shape index (κ3) is 42.6. The van der Waals surface area contributed by atoms with Crippen molar-refractivity contribution in [2.75, 3.05) is 6.61 Å². The van der Waals surface area contributed by atoms with Crippen LogP contribution in [-0.2, 0) is 14.3 Å². The van der Waals surface area contributed by atoms with Crippen LogP contribution in [0.25, 0.3) is 0 Å². The van der Waals surface area contributed by atoms with Gasteiger partial charge in [-0.3, -0.25) is 9.59 Å². The van der Waals surface area contributed by atoms with E-state index in [2.05, 4.69) is 56.5 Å². The number of hydrogen-bond donors (Lipinski definition) is 3. The first kappa shape index (κ1) is 57.1. The van der Waals surface area contributed by atoms with Gasteiger partial charge in [0.25, 0.3) is 0 Å². The summed E-state index contributed by atoms with van der Waals surface area (Å²) >= 11 is 0. The topological polar surface area (TPSA) is 95.9 Å². The van der Waals surface area contributed by atoms with E-state index in [1.165, 1.54) is 148 Å². The zero-order valence-electron chi connectivity index (χ0n) is 39.4. The first-order chi connectivity index (χ1) is 29.0. The van der Waals surface area contributed by atoms with Crippen LogP contribution in [0.4, 0.5) is 0 Å². The number of aliphatic hydroxyl groups excluding tert-OH is 2. The van der Waals surface area contributed by atoms with Crippen molar-refractivity contribution in [3.63, 3.8) is 0 Å². The third-order valence-corrected chi connectivity index (χ3v) is 11.8. The molecule has 3 N–H and O–H groups in total. The van der Waals surface area contributed by atoms with Crippen molar-refractivity contribution in [3.05, 3.63) is 36.5 Å². The molecule has 0 fully saturated rings. The second-order valence-electron chi connectivity index (χ2n) is 17.6. The summed E-state index contributed by atoms with van der Waals surface area (Å²) < 4.78 is 5.91. The lowest BCUT2D eigenvalue weighted by Gasteiger charge is -2.24. The zero-order chi connectivity index (χ0) is 43.1. The molecule has 1 amide bonds. The van der Waals surface area contributed by atoms with E-state index in [-0.39, 0.29) is 24.9 Å². The van der Waals surface area contributed by atoms with Crippen molar-refractivity contribution in [1.29, 1.82) is 0 Å². The summed E-state index contributed by atoms with van der Waals surface area (Å²) in [4.78, 5) is 26.1. The number of ether oxygens (including phenoxy) is 1. The second-order valence-corrected chi connectivity index (χ2v) is 17.6. The normalized spacial score (nSPS) is 13.5. The Morgan fingerprint density at radius 3 is 1.37 bits per heavy atom. The van der Waals surface area contributed by atoms with Gasteiger partial charge in [0.2, 0.25) is 5.91 Å². The number of esters is 1. The summed E-state index contributed by atoms with van der Waals surface area (Å²) in [7, 11) is 0. The maximum absolute atomic E-state index is 13.2. The van der Waals surface area contributed by atoms with Gasteiger partial charge in [-0.25, -0.2) is 0 Å². The van der Waals surface area contributed by atoms with Crippen LogP contribution in [0, 0.1) is 0 Å². The molecule has 0 aliphatic heterocycles. The predicted octanol–water partition coefficient (Wildman–Crippen LogP) is 15.3. The lowest BCUT2D eigenvalue weighted by atomic mass is 10.0. The first-order valence-corrected chi connectivity index (χ1v) is 25.7. The fourth-order valence-electron chi connectivity index (χ4n) is 7.90. The molecule has 346 valence electrons.